The molecule has 1 N–H and O–H groups in total. The second-order valence-electron chi connectivity index (χ2n) is 6.81. The molecule has 0 aliphatic heterocycles. The van der Waals surface area contributed by atoms with Gasteiger partial charge in [0.25, 0.3) is 5.22 Å². The Labute approximate surface area is 173 Å². The molecule has 0 saturated heterocycles. The molecule has 0 unspecified atom stereocenters. The second kappa shape index (κ2) is 8.65. The predicted molar refractivity (Wildman–Crippen MR) is 110 cm³/mol. The number of hydrogen-bond donors (Lipinski definition) is 1. The SMILES string of the molecule is CCOC(=O)c1c(C)[nH]c(C)c1C(=O)CSc1nnc(-c2cc(C)cc(C)c2)o1. The lowest BCUT2D eigenvalue weighted by atomic mass is 10.1. The molecule has 2 heterocycles. The molecule has 29 heavy (non-hydrogen) atoms. The van der Waals surface area contributed by atoms with Gasteiger partial charge in [-0.1, -0.05) is 29.0 Å². The Morgan fingerprint density at radius 1 is 1.03 bits per heavy atom. The summed E-state index contributed by atoms with van der Waals surface area (Å²) in [5, 5.41) is 8.41. The molecule has 0 fully saturated rings. The fourth-order valence-electron chi connectivity index (χ4n) is 3.27. The van der Waals surface area contributed by atoms with Crippen LogP contribution in [0.25, 0.3) is 11.5 Å². The smallest absolute Gasteiger partial charge is 0.340 e. The van der Waals surface area contributed by atoms with Crippen molar-refractivity contribution in [3.05, 3.63) is 51.8 Å². The van der Waals surface area contributed by atoms with E-state index in [2.05, 4.69) is 21.2 Å². The van der Waals surface area contributed by atoms with Gasteiger partial charge in [-0.2, -0.15) is 0 Å². The minimum Gasteiger partial charge on any atom is -0.462 e. The average molecular weight is 413 g/mol. The van der Waals surface area contributed by atoms with Gasteiger partial charge in [-0.15, -0.1) is 10.2 Å². The van der Waals surface area contributed by atoms with E-state index in [-0.39, 0.29) is 23.7 Å². The summed E-state index contributed by atoms with van der Waals surface area (Å²) in [6, 6.07) is 6.01. The molecule has 0 spiro atoms. The van der Waals surface area contributed by atoms with Gasteiger partial charge in [0, 0.05) is 17.0 Å². The topological polar surface area (TPSA) is 98.1 Å². The lowest BCUT2D eigenvalue weighted by molar-refractivity contribution is 0.0522. The summed E-state index contributed by atoms with van der Waals surface area (Å²) in [6.45, 7) is 9.49. The molecule has 0 aliphatic rings. The van der Waals surface area contributed by atoms with E-state index in [0.717, 1.165) is 28.5 Å². The number of Topliss-reactive ketones (excluding diaryl/α,β-unsaturated/α-hetero) is 1. The number of nitrogens with zero attached hydrogens (tertiary/aromatic N) is 2. The lowest BCUT2D eigenvalue weighted by Crippen LogP contribution is -2.13. The Bertz CT molecular complexity index is 1050. The largest absolute Gasteiger partial charge is 0.462 e. The van der Waals surface area contributed by atoms with E-state index in [1.54, 1.807) is 20.8 Å². The maximum absolute atomic E-state index is 12.8. The van der Waals surface area contributed by atoms with Gasteiger partial charge >= 0.3 is 5.97 Å². The van der Waals surface area contributed by atoms with Gasteiger partial charge in [-0.25, -0.2) is 4.79 Å². The number of rotatable bonds is 7. The molecule has 3 rings (SSSR count). The molecule has 0 bridgehead atoms. The number of H-pyrrole nitrogens is 1. The number of aryl methyl sites for hydroxylation is 4. The Hall–Kier alpha value is -2.87. The van der Waals surface area contributed by atoms with E-state index in [1.165, 1.54) is 0 Å². The van der Waals surface area contributed by atoms with Gasteiger partial charge in [0.15, 0.2) is 5.78 Å². The van der Waals surface area contributed by atoms with Crippen molar-refractivity contribution in [3.8, 4) is 11.5 Å². The summed E-state index contributed by atoms with van der Waals surface area (Å²) in [5.41, 5.74) is 4.94. The second-order valence-corrected chi connectivity index (χ2v) is 7.73. The zero-order valence-corrected chi connectivity index (χ0v) is 17.9. The third-order valence-electron chi connectivity index (χ3n) is 4.34. The maximum atomic E-state index is 12.8. The maximum Gasteiger partial charge on any atom is 0.340 e. The molecule has 0 atom stereocenters. The van der Waals surface area contributed by atoms with Crippen LogP contribution in [0.5, 0.6) is 0 Å². The summed E-state index contributed by atoms with van der Waals surface area (Å²) >= 11 is 1.14. The van der Waals surface area contributed by atoms with Crippen molar-refractivity contribution in [2.75, 3.05) is 12.4 Å². The molecule has 3 aromatic rings. The lowest BCUT2D eigenvalue weighted by Gasteiger charge is -2.05. The van der Waals surface area contributed by atoms with Crippen LogP contribution >= 0.6 is 11.8 Å². The van der Waals surface area contributed by atoms with Crippen molar-refractivity contribution in [2.45, 2.75) is 39.8 Å². The zero-order valence-electron chi connectivity index (χ0n) is 17.1. The van der Waals surface area contributed by atoms with Gasteiger partial charge in [-0.3, -0.25) is 4.79 Å². The third kappa shape index (κ3) is 4.59. The molecule has 7 nitrogen and oxygen atoms in total. The number of benzene rings is 1. The summed E-state index contributed by atoms with van der Waals surface area (Å²) in [7, 11) is 0. The van der Waals surface area contributed by atoms with Crippen LogP contribution < -0.4 is 0 Å². The van der Waals surface area contributed by atoms with Crippen LogP contribution in [0, 0.1) is 27.7 Å². The first kappa shape index (κ1) is 20.9. The number of carbonyl (C=O) groups excluding carboxylic acids is 2. The highest BCUT2D eigenvalue weighted by Gasteiger charge is 2.25. The van der Waals surface area contributed by atoms with Crippen LogP contribution in [0.1, 0.15) is 50.2 Å². The Morgan fingerprint density at radius 2 is 1.69 bits per heavy atom. The number of ketones is 1. The molecular weight excluding hydrogens is 390 g/mol. The Morgan fingerprint density at radius 3 is 2.34 bits per heavy atom. The van der Waals surface area contributed by atoms with Crippen molar-refractivity contribution in [2.24, 2.45) is 0 Å². The fraction of sp³-hybridized carbons (Fsp3) is 0.333. The number of ether oxygens (including phenoxy) is 1. The highest BCUT2D eigenvalue weighted by atomic mass is 32.2. The first-order chi connectivity index (χ1) is 13.8. The quantitative estimate of drug-likeness (QED) is 0.347. The Kier molecular flexibility index (Phi) is 6.22. The van der Waals surface area contributed by atoms with Crippen LogP contribution in [-0.2, 0) is 4.74 Å². The standard InChI is InChI=1S/C21H23N3O4S/c1-6-27-20(26)18-14(5)22-13(4)17(18)16(25)10-29-21-24-23-19(28-21)15-8-11(2)7-12(3)9-15/h7-9,22H,6,10H2,1-5H3. The predicted octanol–water partition coefficient (Wildman–Crippen LogP) is 4.45. The highest BCUT2D eigenvalue weighted by Crippen LogP contribution is 2.27. The van der Waals surface area contributed by atoms with Crippen molar-refractivity contribution >= 4 is 23.5 Å². The fourth-order valence-corrected chi connectivity index (χ4v) is 3.91. The first-order valence-electron chi connectivity index (χ1n) is 9.24. The van der Waals surface area contributed by atoms with E-state index in [1.807, 2.05) is 26.0 Å². The number of esters is 1. The normalized spacial score (nSPS) is 10.9. The van der Waals surface area contributed by atoms with Crippen molar-refractivity contribution in [1.29, 1.82) is 0 Å². The van der Waals surface area contributed by atoms with Gasteiger partial charge < -0.3 is 14.1 Å². The molecule has 0 radical (unpaired) electrons. The van der Waals surface area contributed by atoms with E-state index >= 15 is 0 Å². The highest BCUT2D eigenvalue weighted by molar-refractivity contribution is 7.99. The number of nitrogens with one attached hydrogen (secondary N) is 1. The molecule has 1 aromatic carbocycles. The van der Waals surface area contributed by atoms with E-state index < -0.39 is 5.97 Å². The van der Waals surface area contributed by atoms with Gasteiger partial charge in [0.2, 0.25) is 5.89 Å². The van der Waals surface area contributed by atoms with Crippen LogP contribution in [0.15, 0.2) is 27.8 Å². The first-order valence-corrected chi connectivity index (χ1v) is 10.2. The van der Waals surface area contributed by atoms with E-state index in [9.17, 15) is 9.59 Å². The van der Waals surface area contributed by atoms with Crippen LogP contribution in [-0.4, -0.2) is 39.3 Å². The van der Waals surface area contributed by atoms with Crippen LogP contribution in [0.3, 0.4) is 0 Å². The summed E-state index contributed by atoms with van der Waals surface area (Å²) < 4.78 is 10.8. The van der Waals surface area contributed by atoms with Crippen molar-refractivity contribution < 1.29 is 18.7 Å². The van der Waals surface area contributed by atoms with Crippen LogP contribution in [0.4, 0.5) is 0 Å². The van der Waals surface area contributed by atoms with Gasteiger partial charge in [-0.05, 0) is 46.8 Å². The summed E-state index contributed by atoms with van der Waals surface area (Å²) in [6.07, 6.45) is 0. The van der Waals surface area contributed by atoms with Crippen LogP contribution in [0.2, 0.25) is 0 Å². The number of aromatic nitrogens is 3. The van der Waals surface area contributed by atoms with Crippen molar-refractivity contribution in [1.82, 2.24) is 15.2 Å². The number of hydrogen-bond acceptors (Lipinski definition) is 7. The number of thioether (sulfide) groups is 1. The zero-order chi connectivity index (χ0) is 21.1. The molecule has 0 aliphatic carbocycles. The molecule has 0 amide bonds. The molecule has 0 saturated carbocycles. The van der Waals surface area contributed by atoms with Crippen molar-refractivity contribution in [3.63, 3.8) is 0 Å². The Balaban J connectivity index is 1.75. The molecule has 152 valence electrons. The van der Waals surface area contributed by atoms with Gasteiger partial charge in [0.1, 0.15) is 0 Å². The summed E-state index contributed by atoms with van der Waals surface area (Å²) in [4.78, 5) is 28.1. The van der Waals surface area contributed by atoms with E-state index in [0.29, 0.717) is 28.1 Å². The summed E-state index contributed by atoms with van der Waals surface area (Å²) in [5.74, 6) is -0.227. The molecule has 2 aromatic heterocycles. The number of aromatic amines is 1. The minimum atomic E-state index is -0.502. The molecular formula is C21H23N3O4S. The molecule has 8 heteroatoms. The minimum absolute atomic E-state index is 0.0685. The van der Waals surface area contributed by atoms with E-state index in [4.69, 9.17) is 9.15 Å². The van der Waals surface area contributed by atoms with Gasteiger partial charge in [0.05, 0.1) is 23.5 Å². The third-order valence-corrected chi connectivity index (χ3v) is 5.15. The monoisotopic (exact) mass is 413 g/mol. The average Bonchev–Trinajstić information content (AvgIpc) is 3.23. The number of carbonyl (C=O) groups is 2.